The molecule has 1 aliphatic heterocycles. The molecule has 0 saturated heterocycles. The topological polar surface area (TPSA) is 46.3 Å². The summed E-state index contributed by atoms with van der Waals surface area (Å²) in [6, 6.07) is 11.9. The van der Waals surface area contributed by atoms with Gasteiger partial charge in [-0.25, -0.2) is 4.39 Å². The maximum Gasteiger partial charge on any atom is 0.258 e. The van der Waals surface area contributed by atoms with Crippen molar-refractivity contribution in [2.24, 2.45) is 0 Å². The highest BCUT2D eigenvalue weighted by Gasteiger charge is 2.22. The van der Waals surface area contributed by atoms with Gasteiger partial charge < -0.3 is 10.6 Å². The average molecular weight is 284 g/mol. The molecule has 0 fully saturated rings. The summed E-state index contributed by atoms with van der Waals surface area (Å²) in [5.74, 6) is -0.683. The number of carbonyl (C=O) groups is 1. The number of aryl methyl sites for hydroxylation is 1. The Hall–Kier alpha value is -2.36. The Kier molecular flexibility index (Phi) is 3.60. The van der Waals surface area contributed by atoms with Crippen LogP contribution in [0.1, 0.15) is 28.8 Å². The second kappa shape index (κ2) is 5.56. The number of nitrogen functional groups attached to an aromatic ring is 1. The molecular weight excluding hydrogens is 267 g/mol. The molecule has 2 aromatic carbocycles. The van der Waals surface area contributed by atoms with Crippen molar-refractivity contribution in [3.8, 4) is 0 Å². The van der Waals surface area contributed by atoms with Crippen LogP contribution in [-0.2, 0) is 6.42 Å². The predicted octanol–water partition coefficient (Wildman–Crippen LogP) is 3.39. The molecule has 0 aliphatic carbocycles. The van der Waals surface area contributed by atoms with Crippen LogP contribution in [0.15, 0.2) is 42.5 Å². The summed E-state index contributed by atoms with van der Waals surface area (Å²) in [6.45, 7) is 0.645. The van der Waals surface area contributed by atoms with E-state index in [-0.39, 0.29) is 11.6 Å². The van der Waals surface area contributed by atoms with Crippen LogP contribution < -0.4 is 10.6 Å². The lowest BCUT2D eigenvalue weighted by Crippen LogP contribution is -2.31. The molecule has 21 heavy (non-hydrogen) atoms. The van der Waals surface area contributed by atoms with Crippen LogP contribution in [0.25, 0.3) is 0 Å². The minimum atomic E-state index is -0.485. The molecule has 1 aliphatic rings. The standard InChI is InChI=1S/C17H17FN2O/c18-14-9-13(10-15(19)11-14)17(21)20-8-4-3-6-12-5-1-2-7-16(12)20/h1-2,5,7,9-11H,3-4,6,8,19H2. The normalized spacial score (nSPS) is 14.4. The van der Waals surface area contributed by atoms with E-state index in [0.29, 0.717) is 12.1 Å². The summed E-state index contributed by atoms with van der Waals surface area (Å²) in [7, 11) is 0. The van der Waals surface area contributed by atoms with Gasteiger partial charge in [0.15, 0.2) is 0 Å². The van der Waals surface area contributed by atoms with Crippen molar-refractivity contribution in [1.29, 1.82) is 0 Å². The fourth-order valence-electron chi connectivity index (χ4n) is 2.79. The first-order valence-corrected chi connectivity index (χ1v) is 7.11. The van der Waals surface area contributed by atoms with Crippen LogP contribution in [-0.4, -0.2) is 12.5 Å². The third kappa shape index (κ3) is 2.75. The highest BCUT2D eigenvalue weighted by Crippen LogP contribution is 2.28. The minimum Gasteiger partial charge on any atom is -0.399 e. The zero-order valence-electron chi connectivity index (χ0n) is 11.7. The number of hydrogen-bond donors (Lipinski definition) is 1. The van der Waals surface area contributed by atoms with E-state index in [1.165, 1.54) is 18.2 Å². The summed E-state index contributed by atoms with van der Waals surface area (Å²) in [4.78, 5) is 14.5. The second-order valence-electron chi connectivity index (χ2n) is 5.32. The van der Waals surface area contributed by atoms with Gasteiger partial charge in [-0.05, 0) is 49.1 Å². The molecule has 0 unspecified atom stereocenters. The number of anilines is 2. The number of nitrogens with two attached hydrogens (primary N) is 1. The number of amides is 1. The van der Waals surface area contributed by atoms with Gasteiger partial charge in [-0.3, -0.25) is 4.79 Å². The Balaban J connectivity index is 2.01. The maximum atomic E-state index is 13.5. The van der Waals surface area contributed by atoms with Crippen LogP contribution in [0, 0.1) is 5.82 Å². The van der Waals surface area contributed by atoms with Crippen molar-refractivity contribution in [1.82, 2.24) is 0 Å². The Labute approximate surface area is 123 Å². The van der Waals surface area contributed by atoms with Crippen molar-refractivity contribution < 1.29 is 9.18 Å². The molecule has 2 aromatic rings. The predicted molar refractivity (Wildman–Crippen MR) is 81.9 cm³/mol. The molecule has 0 radical (unpaired) electrons. The first-order chi connectivity index (χ1) is 10.1. The van der Waals surface area contributed by atoms with Crippen molar-refractivity contribution in [3.63, 3.8) is 0 Å². The fraction of sp³-hybridized carbons (Fsp3) is 0.235. The lowest BCUT2D eigenvalue weighted by atomic mass is 10.1. The van der Waals surface area contributed by atoms with E-state index in [9.17, 15) is 9.18 Å². The van der Waals surface area contributed by atoms with E-state index < -0.39 is 5.82 Å². The van der Waals surface area contributed by atoms with Crippen LogP contribution in [0.4, 0.5) is 15.8 Å². The Morgan fingerprint density at radius 3 is 2.76 bits per heavy atom. The van der Waals surface area contributed by atoms with Crippen LogP contribution in [0.5, 0.6) is 0 Å². The van der Waals surface area contributed by atoms with Gasteiger partial charge in [0.05, 0.1) is 0 Å². The Morgan fingerprint density at radius 2 is 1.95 bits per heavy atom. The number of fused-ring (bicyclic) bond motifs is 1. The number of benzene rings is 2. The molecule has 1 heterocycles. The lowest BCUT2D eigenvalue weighted by molar-refractivity contribution is 0.0986. The van der Waals surface area contributed by atoms with Crippen molar-refractivity contribution in [2.75, 3.05) is 17.2 Å². The summed E-state index contributed by atoms with van der Waals surface area (Å²) >= 11 is 0. The van der Waals surface area contributed by atoms with Gasteiger partial charge in [-0.15, -0.1) is 0 Å². The average Bonchev–Trinajstić information content (AvgIpc) is 2.68. The van der Waals surface area contributed by atoms with Gasteiger partial charge in [0, 0.05) is 23.5 Å². The van der Waals surface area contributed by atoms with Gasteiger partial charge in [-0.1, -0.05) is 18.2 Å². The number of hydrogen-bond acceptors (Lipinski definition) is 2. The van der Waals surface area contributed by atoms with Crippen molar-refractivity contribution in [3.05, 3.63) is 59.4 Å². The monoisotopic (exact) mass is 284 g/mol. The van der Waals surface area contributed by atoms with E-state index in [0.717, 1.165) is 30.5 Å². The molecule has 4 heteroatoms. The first-order valence-electron chi connectivity index (χ1n) is 7.11. The third-order valence-electron chi connectivity index (χ3n) is 3.77. The maximum absolute atomic E-state index is 13.5. The summed E-state index contributed by atoms with van der Waals surface area (Å²) < 4.78 is 13.5. The molecule has 108 valence electrons. The zero-order chi connectivity index (χ0) is 14.8. The van der Waals surface area contributed by atoms with Gasteiger partial charge in [0.1, 0.15) is 5.82 Å². The molecule has 2 N–H and O–H groups in total. The molecule has 0 saturated carbocycles. The van der Waals surface area contributed by atoms with Gasteiger partial charge in [0.2, 0.25) is 0 Å². The SMILES string of the molecule is Nc1cc(F)cc(C(=O)N2CCCCc3ccccc32)c1. The summed E-state index contributed by atoms with van der Waals surface area (Å²) in [6.07, 6.45) is 2.95. The van der Waals surface area contributed by atoms with E-state index in [4.69, 9.17) is 5.73 Å². The number of rotatable bonds is 1. The molecule has 3 rings (SSSR count). The molecule has 0 spiro atoms. The second-order valence-corrected chi connectivity index (χ2v) is 5.32. The Morgan fingerprint density at radius 1 is 1.14 bits per heavy atom. The van der Waals surface area contributed by atoms with Gasteiger partial charge >= 0.3 is 0 Å². The number of carbonyl (C=O) groups excluding carboxylic acids is 1. The lowest BCUT2D eigenvalue weighted by Gasteiger charge is -2.23. The van der Waals surface area contributed by atoms with E-state index in [2.05, 4.69) is 0 Å². The number of para-hydroxylation sites is 1. The fourth-order valence-corrected chi connectivity index (χ4v) is 2.79. The Bertz CT molecular complexity index is 664. The van der Waals surface area contributed by atoms with Gasteiger partial charge in [0.25, 0.3) is 5.91 Å². The van der Waals surface area contributed by atoms with Crippen molar-refractivity contribution >= 4 is 17.3 Å². The number of halogens is 1. The van der Waals surface area contributed by atoms with Crippen LogP contribution >= 0.6 is 0 Å². The summed E-state index contributed by atoms with van der Waals surface area (Å²) in [5, 5.41) is 0. The molecule has 3 nitrogen and oxygen atoms in total. The van der Waals surface area contributed by atoms with Gasteiger partial charge in [-0.2, -0.15) is 0 Å². The molecule has 0 atom stereocenters. The first kappa shape index (κ1) is 13.6. The molecule has 1 amide bonds. The van der Waals surface area contributed by atoms with E-state index in [1.54, 1.807) is 4.90 Å². The molecule has 0 bridgehead atoms. The zero-order valence-corrected chi connectivity index (χ0v) is 11.7. The highest BCUT2D eigenvalue weighted by atomic mass is 19.1. The minimum absolute atomic E-state index is 0.199. The summed E-state index contributed by atoms with van der Waals surface area (Å²) in [5.41, 5.74) is 8.28. The number of nitrogens with zero attached hydrogens (tertiary/aromatic N) is 1. The van der Waals surface area contributed by atoms with Crippen molar-refractivity contribution in [2.45, 2.75) is 19.3 Å². The van der Waals surface area contributed by atoms with Crippen LogP contribution in [0.2, 0.25) is 0 Å². The third-order valence-corrected chi connectivity index (χ3v) is 3.77. The molecular formula is C17H17FN2O. The molecule has 0 aromatic heterocycles. The smallest absolute Gasteiger partial charge is 0.258 e. The quantitative estimate of drug-likeness (QED) is 0.816. The largest absolute Gasteiger partial charge is 0.399 e. The van der Waals surface area contributed by atoms with E-state index >= 15 is 0 Å². The highest BCUT2D eigenvalue weighted by molar-refractivity contribution is 6.07. The van der Waals surface area contributed by atoms with E-state index in [1.807, 2.05) is 24.3 Å². The van der Waals surface area contributed by atoms with Crippen LogP contribution in [0.3, 0.4) is 0 Å².